The minimum Gasteiger partial charge on any atom is -0.466 e. The molecule has 0 aliphatic heterocycles. The van der Waals surface area contributed by atoms with Gasteiger partial charge in [0.25, 0.3) is 0 Å². The van der Waals surface area contributed by atoms with Crippen LogP contribution in [0.3, 0.4) is 0 Å². The quantitative estimate of drug-likeness (QED) is 0.169. The summed E-state index contributed by atoms with van der Waals surface area (Å²) in [6.07, 6.45) is 4.65. The highest BCUT2D eigenvalue weighted by Gasteiger charge is 2.08. The smallest absolute Gasteiger partial charge is 0.305 e. The Morgan fingerprint density at radius 3 is 2.30 bits per heavy atom. The molecule has 6 heteroatoms. The van der Waals surface area contributed by atoms with Gasteiger partial charge >= 0.3 is 5.97 Å². The monoisotopic (exact) mass is 441 g/mol. The molecule has 0 heterocycles. The Bertz CT molecular complexity index is 323. The second kappa shape index (κ2) is 16.3. The second-order valence-electron chi connectivity index (χ2n) is 5.91. The lowest BCUT2D eigenvalue weighted by molar-refractivity contribution is -0.143. The first kappa shape index (κ1) is 24.7. The first-order valence-corrected chi connectivity index (χ1v) is 8.71. The van der Waals surface area contributed by atoms with Crippen LogP contribution in [-0.4, -0.2) is 37.7 Å². The van der Waals surface area contributed by atoms with E-state index in [4.69, 9.17) is 4.74 Å². The van der Waals surface area contributed by atoms with Gasteiger partial charge in [0.15, 0.2) is 5.96 Å². The zero-order chi connectivity index (χ0) is 16.8. The summed E-state index contributed by atoms with van der Waals surface area (Å²) < 4.78 is 4.91. The van der Waals surface area contributed by atoms with E-state index >= 15 is 0 Å². The van der Waals surface area contributed by atoms with E-state index < -0.39 is 0 Å². The van der Waals surface area contributed by atoms with E-state index in [0.29, 0.717) is 25.0 Å². The average molecular weight is 441 g/mol. The Morgan fingerprint density at radius 1 is 1.09 bits per heavy atom. The van der Waals surface area contributed by atoms with Gasteiger partial charge in [-0.25, -0.2) is 0 Å². The summed E-state index contributed by atoms with van der Waals surface area (Å²) in [5, 5.41) is 6.70. The molecule has 0 bridgehead atoms. The zero-order valence-corrected chi connectivity index (χ0v) is 17.8. The maximum atomic E-state index is 11.2. The van der Waals surface area contributed by atoms with Crippen molar-refractivity contribution in [2.24, 2.45) is 10.9 Å². The first-order valence-electron chi connectivity index (χ1n) is 8.71. The van der Waals surface area contributed by atoms with Gasteiger partial charge in [-0.15, -0.1) is 24.0 Å². The third kappa shape index (κ3) is 14.8. The van der Waals surface area contributed by atoms with E-state index in [1.807, 2.05) is 6.92 Å². The molecular weight excluding hydrogens is 405 g/mol. The summed E-state index contributed by atoms with van der Waals surface area (Å²) >= 11 is 0. The summed E-state index contributed by atoms with van der Waals surface area (Å²) in [5.41, 5.74) is 0. The van der Waals surface area contributed by atoms with Crippen LogP contribution in [0.5, 0.6) is 0 Å². The Kier molecular flexibility index (Phi) is 17.6. The lowest BCUT2D eigenvalue weighted by atomic mass is 10.1. The number of aliphatic imine (C=N–C) groups is 1. The number of hydrogen-bond donors (Lipinski definition) is 2. The van der Waals surface area contributed by atoms with Crippen molar-refractivity contribution >= 4 is 35.9 Å². The summed E-state index contributed by atoms with van der Waals surface area (Å²) in [7, 11) is 0. The summed E-state index contributed by atoms with van der Waals surface area (Å²) in [6.45, 7) is 12.7. The highest BCUT2D eigenvalue weighted by Crippen LogP contribution is 2.04. The molecule has 0 aliphatic rings. The molecule has 138 valence electrons. The predicted molar refractivity (Wildman–Crippen MR) is 109 cm³/mol. The molecule has 0 aromatic carbocycles. The molecule has 0 aromatic heterocycles. The SMILES string of the molecule is CCNC(=NCCCCCCC(=O)OCC)NC(C)C(C)C.I. The number of ether oxygens (including phenoxy) is 1. The second-order valence-corrected chi connectivity index (χ2v) is 5.91. The molecule has 0 radical (unpaired) electrons. The van der Waals surface area contributed by atoms with Crippen LogP contribution in [-0.2, 0) is 9.53 Å². The molecule has 23 heavy (non-hydrogen) atoms. The minimum absolute atomic E-state index is 0. The van der Waals surface area contributed by atoms with Crippen molar-refractivity contribution in [2.75, 3.05) is 19.7 Å². The third-order valence-electron chi connectivity index (χ3n) is 3.57. The van der Waals surface area contributed by atoms with Crippen LogP contribution in [0, 0.1) is 5.92 Å². The van der Waals surface area contributed by atoms with Crippen LogP contribution in [0.25, 0.3) is 0 Å². The maximum absolute atomic E-state index is 11.2. The van der Waals surface area contributed by atoms with Gasteiger partial charge in [0.1, 0.15) is 0 Å². The van der Waals surface area contributed by atoms with Crippen molar-refractivity contribution in [1.82, 2.24) is 10.6 Å². The number of guanidine groups is 1. The van der Waals surface area contributed by atoms with Crippen LogP contribution in [0.1, 0.15) is 66.7 Å². The summed E-state index contributed by atoms with van der Waals surface area (Å²) in [6, 6.07) is 0.405. The highest BCUT2D eigenvalue weighted by atomic mass is 127. The molecule has 1 unspecified atom stereocenters. The van der Waals surface area contributed by atoms with Crippen LogP contribution in [0.4, 0.5) is 0 Å². The third-order valence-corrected chi connectivity index (χ3v) is 3.57. The summed E-state index contributed by atoms with van der Waals surface area (Å²) in [4.78, 5) is 15.8. The molecule has 0 aromatic rings. The molecule has 0 fully saturated rings. The van der Waals surface area contributed by atoms with Crippen molar-refractivity contribution in [2.45, 2.75) is 72.8 Å². The average Bonchev–Trinajstić information content (AvgIpc) is 2.46. The van der Waals surface area contributed by atoms with Crippen molar-refractivity contribution in [3.8, 4) is 0 Å². The van der Waals surface area contributed by atoms with Gasteiger partial charge in [0, 0.05) is 25.6 Å². The molecule has 0 saturated heterocycles. The fourth-order valence-electron chi connectivity index (χ4n) is 1.86. The molecular formula is C17H36IN3O2. The first-order chi connectivity index (χ1) is 10.5. The normalized spacial score (nSPS) is 12.5. The number of halogens is 1. The number of nitrogens with zero attached hydrogens (tertiary/aromatic N) is 1. The highest BCUT2D eigenvalue weighted by molar-refractivity contribution is 14.0. The van der Waals surface area contributed by atoms with Gasteiger partial charge in [0.2, 0.25) is 0 Å². The molecule has 0 amide bonds. The van der Waals surface area contributed by atoms with Crippen molar-refractivity contribution in [3.05, 3.63) is 0 Å². The number of carbonyl (C=O) groups is 1. The van der Waals surface area contributed by atoms with Crippen molar-refractivity contribution in [3.63, 3.8) is 0 Å². The largest absolute Gasteiger partial charge is 0.466 e. The maximum Gasteiger partial charge on any atom is 0.305 e. The van der Waals surface area contributed by atoms with Crippen molar-refractivity contribution < 1.29 is 9.53 Å². The van der Waals surface area contributed by atoms with E-state index in [9.17, 15) is 4.79 Å². The van der Waals surface area contributed by atoms with Gasteiger partial charge in [-0.1, -0.05) is 26.7 Å². The topological polar surface area (TPSA) is 62.7 Å². The Labute approximate surface area is 159 Å². The van der Waals surface area contributed by atoms with E-state index in [1.54, 1.807) is 0 Å². The molecule has 0 spiro atoms. The fraction of sp³-hybridized carbons (Fsp3) is 0.882. The predicted octanol–water partition coefficient (Wildman–Crippen LogP) is 3.72. The molecule has 2 N–H and O–H groups in total. The number of nitrogens with one attached hydrogen (secondary N) is 2. The van der Waals surface area contributed by atoms with Gasteiger partial charge in [-0.05, 0) is 39.5 Å². The van der Waals surface area contributed by atoms with Crippen LogP contribution >= 0.6 is 24.0 Å². The lowest BCUT2D eigenvalue weighted by Gasteiger charge is -2.20. The standard InChI is InChI=1S/C17H35N3O2.HI/c1-6-18-17(20-15(5)14(3)4)19-13-11-9-8-10-12-16(21)22-7-2;/h14-15H,6-13H2,1-5H3,(H2,18,19,20);1H. The number of hydrogen-bond acceptors (Lipinski definition) is 3. The van der Waals surface area contributed by atoms with Crippen LogP contribution in [0.15, 0.2) is 4.99 Å². The molecule has 0 rings (SSSR count). The molecule has 0 saturated carbocycles. The Morgan fingerprint density at radius 2 is 1.74 bits per heavy atom. The Balaban J connectivity index is 0. The minimum atomic E-state index is -0.0816. The lowest BCUT2D eigenvalue weighted by Crippen LogP contribution is -2.44. The number of carbonyl (C=O) groups excluding carboxylic acids is 1. The molecule has 1 atom stereocenters. The zero-order valence-electron chi connectivity index (χ0n) is 15.5. The Hall–Kier alpha value is -0.530. The number of rotatable bonds is 11. The van der Waals surface area contributed by atoms with E-state index in [1.165, 1.54) is 0 Å². The molecule has 0 aliphatic carbocycles. The van der Waals surface area contributed by atoms with Crippen LogP contribution in [0.2, 0.25) is 0 Å². The van der Waals surface area contributed by atoms with E-state index in [2.05, 4.69) is 43.3 Å². The van der Waals surface area contributed by atoms with Gasteiger partial charge < -0.3 is 15.4 Å². The fourth-order valence-corrected chi connectivity index (χ4v) is 1.86. The van der Waals surface area contributed by atoms with Crippen LogP contribution < -0.4 is 10.6 Å². The van der Waals surface area contributed by atoms with Crippen molar-refractivity contribution in [1.29, 1.82) is 0 Å². The van der Waals surface area contributed by atoms with E-state index in [0.717, 1.165) is 44.7 Å². The van der Waals surface area contributed by atoms with Gasteiger partial charge in [-0.3, -0.25) is 9.79 Å². The van der Waals surface area contributed by atoms with Gasteiger partial charge in [0.05, 0.1) is 6.61 Å². The van der Waals surface area contributed by atoms with Gasteiger partial charge in [-0.2, -0.15) is 0 Å². The van der Waals surface area contributed by atoms with E-state index in [-0.39, 0.29) is 29.9 Å². The number of esters is 1. The summed E-state index contributed by atoms with van der Waals surface area (Å²) in [5.74, 6) is 1.39. The number of unbranched alkanes of at least 4 members (excludes halogenated alkanes) is 3. The molecule has 5 nitrogen and oxygen atoms in total.